The minimum atomic E-state index is 0.157. The summed E-state index contributed by atoms with van der Waals surface area (Å²) in [7, 11) is 0. The third kappa shape index (κ3) is 4.21. The van der Waals surface area contributed by atoms with E-state index in [1.165, 1.54) is 28.0 Å². The summed E-state index contributed by atoms with van der Waals surface area (Å²) in [5, 5.41) is 11.5. The van der Waals surface area contributed by atoms with E-state index in [4.69, 9.17) is 10.00 Å². The average molecular weight is 334 g/mol. The number of nitrogens with zero attached hydrogens (tertiary/aromatic N) is 2. The van der Waals surface area contributed by atoms with E-state index in [9.17, 15) is 0 Å². The maximum atomic E-state index is 8.85. The van der Waals surface area contributed by atoms with E-state index >= 15 is 0 Å². The topological polar surface area (TPSA) is 45.9 Å². The number of benzene rings is 2. The third-order valence-electron chi connectivity index (χ3n) is 3.85. The van der Waals surface area contributed by atoms with Crippen LogP contribution in [0.25, 0.3) is 0 Å². The lowest BCUT2D eigenvalue weighted by Gasteiger charge is -2.08. The summed E-state index contributed by atoms with van der Waals surface area (Å²) in [5.74, 6) is 0. The highest BCUT2D eigenvalue weighted by Crippen LogP contribution is 2.27. The summed E-state index contributed by atoms with van der Waals surface area (Å²) < 4.78 is 5.80. The largest absolute Gasteiger partial charge is 0.466 e. The van der Waals surface area contributed by atoms with E-state index < -0.39 is 0 Å². The molecule has 24 heavy (non-hydrogen) atoms. The second-order valence-corrected chi connectivity index (χ2v) is 6.55. The first-order valence-electron chi connectivity index (χ1n) is 7.84. The number of nitriles is 1. The molecule has 0 bridgehead atoms. The first-order valence-corrected chi connectivity index (χ1v) is 8.72. The van der Waals surface area contributed by atoms with Gasteiger partial charge in [0.05, 0.1) is 11.6 Å². The average Bonchev–Trinajstić information content (AvgIpc) is 3.24. The zero-order valence-corrected chi connectivity index (χ0v) is 14.3. The predicted molar refractivity (Wildman–Crippen MR) is 96.3 cm³/mol. The molecule has 0 radical (unpaired) electrons. The van der Waals surface area contributed by atoms with Crippen LogP contribution in [0.3, 0.4) is 0 Å². The summed E-state index contributed by atoms with van der Waals surface area (Å²) in [6, 6.07) is 18.3. The fourth-order valence-corrected chi connectivity index (χ4v) is 3.23. The molecule has 4 rings (SSSR count). The smallest absolute Gasteiger partial charge is 0.273 e. The van der Waals surface area contributed by atoms with Gasteiger partial charge in [-0.2, -0.15) is 5.26 Å². The van der Waals surface area contributed by atoms with Gasteiger partial charge in [-0.3, -0.25) is 0 Å². The van der Waals surface area contributed by atoms with Crippen molar-refractivity contribution in [1.82, 2.24) is 4.98 Å². The molecule has 1 aliphatic carbocycles. The molecule has 3 aromatic rings. The maximum Gasteiger partial charge on any atom is 0.273 e. The van der Waals surface area contributed by atoms with Crippen LogP contribution >= 0.6 is 11.3 Å². The fourth-order valence-electron chi connectivity index (χ4n) is 2.68. The molecular formula is C20H18N2OS. The van der Waals surface area contributed by atoms with Gasteiger partial charge in [0.15, 0.2) is 0 Å². The van der Waals surface area contributed by atoms with E-state index in [1.807, 2.05) is 41.8 Å². The van der Waals surface area contributed by atoms with Crippen LogP contribution < -0.4 is 4.74 Å². The summed E-state index contributed by atoms with van der Waals surface area (Å²) in [4.78, 5) is 4.12. The molecule has 1 atom stereocenters. The van der Waals surface area contributed by atoms with E-state index in [2.05, 4.69) is 30.1 Å². The van der Waals surface area contributed by atoms with Crippen molar-refractivity contribution in [1.29, 1.82) is 5.26 Å². The quantitative estimate of drug-likeness (QED) is 0.690. The summed E-state index contributed by atoms with van der Waals surface area (Å²) in [6.07, 6.45) is 3.67. The molecule has 120 valence electrons. The van der Waals surface area contributed by atoms with Crippen LogP contribution in [0.4, 0.5) is 0 Å². The SMILES string of the molecule is Cc1ccccc1.N#Cc1ccc2c(c1)CC(Oc1nccs1)C2. The Labute approximate surface area is 146 Å². The van der Waals surface area contributed by atoms with Crippen LogP contribution in [0.15, 0.2) is 60.1 Å². The van der Waals surface area contributed by atoms with Gasteiger partial charge in [-0.15, -0.1) is 0 Å². The molecule has 4 heteroatoms. The van der Waals surface area contributed by atoms with Crippen molar-refractivity contribution in [3.63, 3.8) is 0 Å². The van der Waals surface area contributed by atoms with Gasteiger partial charge >= 0.3 is 0 Å². The van der Waals surface area contributed by atoms with Crippen LogP contribution in [-0.2, 0) is 12.8 Å². The van der Waals surface area contributed by atoms with Gasteiger partial charge in [0, 0.05) is 24.4 Å². The minimum absolute atomic E-state index is 0.157. The van der Waals surface area contributed by atoms with Crippen molar-refractivity contribution in [3.05, 3.63) is 82.4 Å². The Morgan fingerprint density at radius 3 is 2.54 bits per heavy atom. The van der Waals surface area contributed by atoms with E-state index in [1.54, 1.807) is 6.20 Å². The summed E-state index contributed by atoms with van der Waals surface area (Å²) in [6.45, 7) is 2.08. The normalized spacial score (nSPS) is 14.9. The van der Waals surface area contributed by atoms with Crippen molar-refractivity contribution >= 4 is 11.3 Å². The van der Waals surface area contributed by atoms with E-state index in [-0.39, 0.29) is 6.10 Å². The molecule has 1 aliphatic rings. The number of thiazole rings is 1. The number of aryl methyl sites for hydroxylation is 1. The molecule has 1 unspecified atom stereocenters. The lowest BCUT2D eigenvalue weighted by Crippen LogP contribution is -2.15. The van der Waals surface area contributed by atoms with Crippen LogP contribution in [0.2, 0.25) is 0 Å². The Bertz CT molecular complexity index is 823. The first kappa shape index (κ1) is 16.2. The van der Waals surface area contributed by atoms with Crippen LogP contribution in [-0.4, -0.2) is 11.1 Å². The van der Waals surface area contributed by atoms with Gasteiger partial charge in [0.25, 0.3) is 5.19 Å². The molecule has 0 saturated carbocycles. The van der Waals surface area contributed by atoms with E-state index in [0.29, 0.717) is 0 Å². The Kier molecular flexibility index (Phi) is 5.25. The molecule has 3 nitrogen and oxygen atoms in total. The van der Waals surface area contributed by atoms with Crippen LogP contribution in [0, 0.1) is 18.3 Å². The van der Waals surface area contributed by atoms with Gasteiger partial charge in [0.2, 0.25) is 0 Å². The Hall–Kier alpha value is -2.64. The zero-order valence-electron chi connectivity index (χ0n) is 13.5. The molecule has 0 fully saturated rings. The van der Waals surface area contributed by atoms with Crippen molar-refractivity contribution in [2.75, 3.05) is 0 Å². The highest BCUT2D eigenvalue weighted by atomic mass is 32.1. The van der Waals surface area contributed by atoms with Crippen molar-refractivity contribution in [3.8, 4) is 11.3 Å². The van der Waals surface area contributed by atoms with Crippen molar-refractivity contribution < 1.29 is 4.74 Å². The molecule has 0 aliphatic heterocycles. The van der Waals surface area contributed by atoms with Gasteiger partial charge < -0.3 is 4.74 Å². The molecular weight excluding hydrogens is 316 g/mol. The summed E-state index contributed by atoms with van der Waals surface area (Å²) in [5.41, 5.74) is 4.55. The molecule has 0 spiro atoms. The number of hydrogen-bond donors (Lipinski definition) is 0. The number of fused-ring (bicyclic) bond motifs is 1. The number of hydrogen-bond acceptors (Lipinski definition) is 4. The first-order chi connectivity index (χ1) is 11.7. The van der Waals surface area contributed by atoms with Crippen LogP contribution in [0.1, 0.15) is 22.3 Å². The second kappa shape index (κ2) is 7.76. The standard InChI is InChI=1S/C13H10N2OS.C7H8/c14-8-9-1-2-10-6-12(7-11(10)5-9)16-13-15-3-4-17-13;1-7-5-3-2-4-6-7/h1-5,12H,6-7H2;2-6H,1H3. The Morgan fingerprint density at radius 1 is 1.12 bits per heavy atom. The molecule has 0 saturated heterocycles. The zero-order chi connectivity index (χ0) is 16.8. The molecule has 2 aromatic carbocycles. The number of aromatic nitrogens is 1. The molecule has 0 amide bonds. The van der Waals surface area contributed by atoms with Crippen molar-refractivity contribution in [2.45, 2.75) is 25.9 Å². The monoisotopic (exact) mass is 334 g/mol. The second-order valence-electron chi connectivity index (χ2n) is 5.70. The fraction of sp³-hybridized carbons (Fsp3) is 0.200. The maximum absolute atomic E-state index is 8.85. The van der Waals surface area contributed by atoms with Crippen LogP contribution in [0.5, 0.6) is 5.19 Å². The Morgan fingerprint density at radius 2 is 1.92 bits per heavy atom. The highest BCUT2D eigenvalue weighted by molar-refractivity contribution is 7.11. The van der Waals surface area contributed by atoms with Crippen molar-refractivity contribution in [2.24, 2.45) is 0 Å². The molecule has 0 N–H and O–H groups in total. The molecule has 1 heterocycles. The lowest BCUT2D eigenvalue weighted by molar-refractivity contribution is 0.213. The minimum Gasteiger partial charge on any atom is -0.466 e. The van der Waals surface area contributed by atoms with Gasteiger partial charge in [-0.25, -0.2) is 4.98 Å². The van der Waals surface area contributed by atoms with Gasteiger partial charge in [-0.1, -0.05) is 53.3 Å². The molecule has 1 aromatic heterocycles. The summed E-state index contributed by atoms with van der Waals surface area (Å²) >= 11 is 1.51. The number of ether oxygens (including phenoxy) is 1. The highest BCUT2D eigenvalue weighted by Gasteiger charge is 2.23. The Balaban J connectivity index is 0.000000203. The van der Waals surface area contributed by atoms with Gasteiger partial charge in [-0.05, 0) is 30.2 Å². The predicted octanol–water partition coefficient (Wildman–Crippen LogP) is 4.56. The number of rotatable bonds is 2. The lowest BCUT2D eigenvalue weighted by atomic mass is 10.1. The third-order valence-corrected chi connectivity index (χ3v) is 4.51. The van der Waals surface area contributed by atoms with E-state index in [0.717, 1.165) is 23.6 Å². The van der Waals surface area contributed by atoms with Gasteiger partial charge in [0.1, 0.15) is 6.10 Å².